The molecular formula is C19H22O. The molecule has 0 N–H and O–H groups in total. The highest BCUT2D eigenvalue weighted by Gasteiger charge is 2.37. The van der Waals surface area contributed by atoms with E-state index in [2.05, 4.69) is 38.1 Å². The second-order valence-corrected chi connectivity index (χ2v) is 6.71. The third-order valence-corrected chi connectivity index (χ3v) is 4.86. The lowest BCUT2D eigenvalue weighted by Crippen LogP contribution is -2.34. The van der Waals surface area contributed by atoms with Gasteiger partial charge in [0.15, 0.2) is 5.78 Å². The molecule has 1 aliphatic carbocycles. The highest BCUT2D eigenvalue weighted by Crippen LogP contribution is 2.42. The third-order valence-electron chi connectivity index (χ3n) is 4.86. The molecule has 0 heterocycles. The Bertz CT molecular complexity index is 639. The van der Waals surface area contributed by atoms with Gasteiger partial charge in [0, 0.05) is 11.5 Å². The maximum absolute atomic E-state index is 12.9. The number of fused-ring (bicyclic) bond motifs is 1. The normalized spacial score (nSPS) is 21.8. The molecule has 0 bridgehead atoms. The molecule has 0 saturated heterocycles. The predicted molar refractivity (Wildman–Crippen MR) is 84.0 cm³/mol. The number of hydrogen-bond acceptors (Lipinski definition) is 1. The summed E-state index contributed by atoms with van der Waals surface area (Å²) < 4.78 is 0. The van der Waals surface area contributed by atoms with Gasteiger partial charge in [-0.2, -0.15) is 0 Å². The van der Waals surface area contributed by atoms with Crippen molar-refractivity contribution in [2.24, 2.45) is 11.3 Å². The number of ketones is 1. The Morgan fingerprint density at radius 3 is 2.55 bits per heavy atom. The number of carbonyl (C=O) groups excluding carboxylic acids is 1. The van der Waals surface area contributed by atoms with Crippen molar-refractivity contribution in [2.45, 2.75) is 39.5 Å². The van der Waals surface area contributed by atoms with E-state index in [9.17, 15) is 4.79 Å². The Labute approximate surface area is 121 Å². The molecule has 3 rings (SSSR count). The standard InChI is InChI=1S/C19H22O/c1-19(2)12-6-5-9-17(19)18(20)16-11-10-14-7-3-4-8-15(14)13-16/h3-4,7-8,10-11,13,17H,5-6,9,12H2,1-2H3. The van der Waals surface area contributed by atoms with Gasteiger partial charge in [-0.1, -0.05) is 63.1 Å². The molecule has 2 aromatic rings. The van der Waals surface area contributed by atoms with Crippen LogP contribution >= 0.6 is 0 Å². The van der Waals surface area contributed by atoms with Crippen molar-refractivity contribution in [3.8, 4) is 0 Å². The van der Waals surface area contributed by atoms with E-state index < -0.39 is 0 Å². The minimum Gasteiger partial charge on any atom is -0.294 e. The Morgan fingerprint density at radius 1 is 1.05 bits per heavy atom. The van der Waals surface area contributed by atoms with Crippen LogP contribution < -0.4 is 0 Å². The first-order valence-corrected chi connectivity index (χ1v) is 7.61. The highest BCUT2D eigenvalue weighted by atomic mass is 16.1. The van der Waals surface area contributed by atoms with Crippen molar-refractivity contribution < 1.29 is 4.79 Å². The molecule has 0 radical (unpaired) electrons. The first-order chi connectivity index (χ1) is 9.58. The summed E-state index contributed by atoms with van der Waals surface area (Å²) in [7, 11) is 0. The van der Waals surface area contributed by atoms with Gasteiger partial charge in [0.2, 0.25) is 0 Å². The second-order valence-electron chi connectivity index (χ2n) is 6.71. The highest BCUT2D eigenvalue weighted by molar-refractivity contribution is 6.01. The molecule has 1 heteroatoms. The van der Waals surface area contributed by atoms with Crippen LogP contribution in [0.25, 0.3) is 10.8 Å². The van der Waals surface area contributed by atoms with Crippen molar-refractivity contribution in [3.63, 3.8) is 0 Å². The van der Waals surface area contributed by atoms with Crippen molar-refractivity contribution in [1.82, 2.24) is 0 Å². The lowest BCUT2D eigenvalue weighted by atomic mass is 9.66. The van der Waals surface area contributed by atoms with Crippen LogP contribution in [-0.2, 0) is 0 Å². The number of rotatable bonds is 2. The molecule has 0 aromatic heterocycles. The molecule has 0 amide bonds. The summed E-state index contributed by atoms with van der Waals surface area (Å²) in [4.78, 5) is 12.9. The zero-order valence-corrected chi connectivity index (χ0v) is 12.4. The predicted octanol–water partition coefficient (Wildman–Crippen LogP) is 5.24. The van der Waals surface area contributed by atoms with E-state index in [1.165, 1.54) is 18.2 Å². The lowest BCUT2D eigenvalue weighted by Gasteiger charge is -2.37. The van der Waals surface area contributed by atoms with Crippen LogP contribution in [0.5, 0.6) is 0 Å². The Morgan fingerprint density at radius 2 is 1.80 bits per heavy atom. The van der Waals surface area contributed by atoms with Gasteiger partial charge in [-0.05, 0) is 35.1 Å². The summed E-state index contributed by atoms with van der Waals surface area (Å²) in [6.07, 6.45) is 4.65. The van der Waals surface area contributed by atoms with E-state index >= 15 is 0 Å². The van der Waals surface area contributed by atoms with Gasteiger partial charge in [-0.25, -0.2) is 0 Å². The van der Waals surface area contributed by atoms with Crippen molar-refractivity contribution in [1.29, 1.82) is 0 Å². The fourth-order valence-corrected chi connectivity index (χ4v) is 3.52. The largest absolute Gasteiger partial charge is 0.294 e. The molecule has 20 heavy (non-hydrogen) atoms. The Hall–Kier alpha value is -1.63. The van der Waals surface area contributed by atoms with Crippen LogP contribution in [0.2, 0.25) is 0 Å². The summed E-state index contributed by atoms with van der Waals surface area (Å²) in [6.45, 7) is 4.49. The molecular weight excluding hydrogens is 244 g/mol. The van der Waals surface area contributed by atoms with Gasteiger partial charge < -0.3 is 0 Å². The smallest absolute Gasteiger partial charge is 0.166 e. The minimum absolute atomic E-state index is 0.140. The first kappa shape index (κ1) is 13.4. The van der Waals surface area contributed by atoms with Gasteiger partial charge in [-0.3, -0.25) is 4.79 Å². The zero-order chi connectivity index (χ0) is 14.2. The van der Waals surface area contributed by atoms with E-state index in [-0.39, 0.29) is 11.3 Å². The monoisotopic (exact) mass is 266 g/mol. The molecule has 0 spiro atoms. The van der Waals surface area contributed by atoms with E-state index in [1.54, 1.807) is 0 Å². The maximum Gasteiger partial charge on any atom is 0.166 e. The zero-order valence-electron chi connectivity index (χ0n) is 12.4. The number of benzene rings is 2. The van der Waals surface area contributed by atoms with Gasteiger partial charge in [0.05, 0.1) is 0 Å². The molecule has 1 saturated carbocycles. The molecule has 1 unspecified atom stereocenters. The summed E-state index contributed by atoms with van der Waals surface area (Å²) in [5.74, 6) is 0.512. The van der Waals surface area contributed by atoms with Gasteiger partial charge in [0.1, 0.15) is 0 Å². The fourth-order valence-electron chi connectivity index (χ4n) is 3.52. The van der Waals surface area contributed by atoms with Crippen molar-refractivity contribution in [2.75, 3.05) is 0 Å². The average molecular weight is 266 g/mol. The first-order valence-electron chi connectivity index (χ1n) is 7.61. The van der Waals surface area contributed by atoms with Crippen LogP contribution in [0.4, 0.5) is 0 Å². The maximum atomic E-state index is 12.9. The molecule has 0 aliphatic heterocycles. The topological polar surface area (TPSA) is 17.1 Å². The van der Waals surface area contributed by atoms with Crippen molar-refractivity contribution in [3.05, 3.63) is 48.0 Å². The van der Waals surface area contributed by atoms with Crippen LogP contribution in [0.1, 0.15) is 49.9 Å². The van der Waals surface area contributed by atoms with E-state index in [1.807, 2.05) is 18.2 Å². The summed E-state index contributed by atoms with van der Waals surface area (Å²) in [5.41, 5.74) is 1.02. The Balaban J connectivity index is 1.95. The quantitative estimate of drug-likeness (QED) is 0.679. The lowest BCUT2D eigenvalue weighted by molar-refractivity contribution is 0.0697. The summed E-state index contributed by atoms with van der Waals surface area (Å²) in [5, 5.41) is 2.36. The number of Topliss-reactive ketones (excluding diaryl/α,β-unsaturated/α-hetero) is 1. The molecule has 1 atom stereocenters. The number of hydrogen-bond donors (Lipinski definition) is 0. The van der Waals surface area contributed by atoms with E-state index in [0.29, 0.717) is 5.78 Å². The fraction of sp³-hybridized carbons (Fsp3) is 0.421. The molecule has 1 fully saturated rings. The second kappa shape index (κ2) is 5.05. The van der Waals surface area contributed by atoms with Crippen LogP contribution in [-0.4, -0.2) is 5.78 Å². The average Bonchev–Trinajstić information content (AvgIpc) is 2.45. The summed E-state index contributed by atoms with van der Waals surface area (Å²) >= 11 is 0. The molecule has 1 aliphatic rings. The third kappa shape index (κ3) is 2.37. The van der Waals surface area contributed by atoms with Crippen LogP contribution in [0.15, 0.2) is 42.5 Å². The van der Waals surface area contributed by atoms with E-state index in [4.69, 9.17) is 0 Å². The molecule has 104 valence electrons. The van der Waals surface area contributed by atoms with E-state index in [0.717, 1.165) is 23.8 Å². The van der Waals surface area contributed by atoms with Gasteiger partial charge >= 0.3 is 0 Å². The SMILES string of the molecule is CC1(C)CCCCC1C(=O)c1ccc2ccccc2c1. The van der Waals surface area contributed by atoms with Crippen molar-refractivity contribution >= 4 is 16.6 Å². The van der Waals surface area contributed by atoms with Crippen LogP contribution in [0, 0.1) is 11.3 Å². The molecule has 1 nitrogen and oxygen atoms in total. The van der Waals surface area contributed by atoms with Gasteiger partial charge in [-0.15, -0.1) is 0 Å². The van der Waals surface area contributed by atoms with Gasteiger partial charge in [0.25, 0.3) is 0 Å². The summed E-state index contributed by atoms with van der Waals surface area (Å²) in [6, 6.07) is 14.4. The minimum atomic E-state index is 0.140. The van der Waals surface area contributed by atoms with Crippen LogP contribution in [0.3, 0.4) is 0 Å². The number of carbonyl (C=O) groups is 1. The molecule has 2 aromatic carbocycles. The Kier molecular flexibility index (Phi) is 3.37.